The van der Waals surface area contributed by atoms with Gasteiger partial charge in [0.1, 0.15) is 12.4 Å². The molecule has 0 spiro atoms. The van der Waals surface area contributed by atoms with Gasteiger partial charge in [0.25, 0.3) is 11.5 Å². The number of carbonyl (C=O) groups excluding carboxylic acids is 1. The van der Waals surface area contributed by atoms with E-state index < -0.39 is 0 Å². The molecule has 42 heavy (non-hydrogen) atoms. The first-order valence-corrected chi connectivity index (χ1v) is 15.2. The fraction of sp³-hybridized carbons (Fsp3) is 0.371. The number of hydrogen-bond acceptors (Lipinski definition) is 5. The zero-order chi connectivity index (χ0) is 28.9. The fourth-order valence-corrected chi connectivity index (χ4v) is 6.09. The van der Waals surface area contributed by atoms with E-state index in [9.17, 15) is 9.59 Å². The maximum absolute atomic E-state index is 13.7. The smallest absolute Gasteiger partial charge is 0.263 e. The van der Waals surface area contributed by atoms with Gasteiger partial charge in [0.2, 0.25) is 0 Å². The number of nitrogens with zero attached hydrogens (tertiary/aromatic N) is 2. The van der Waals surface area contributed by atoms with E-state index >= 15 is 0 Å². The molecule has 0 saturated carbocycles. The lowest BCUT2D eigenvalue weighted by atomic mass is 9.90. The number of likely N-dealkylation sites (tertiary alicyclic amines) is 1. The minimum absolute atomic E-state index is 0. The largest absolute Gasteiger partial charge is 0.492 e. The summed E-state index contributed by atoms with van der Waals surface area (Å²) in [6, 6.07) is 21.2. The summed E-state index contributed by atoms with van der Waals surface area (Å²) in [4.78, 5) is 29.4. The molecule has 4 aromatic rings. The number of anilines is 1. The molecule has 6 rings (SSSR count). The molecule has 1 amide bonds. The third-order valence-electron chi connectivity index (χ3n) is 8.57. The van der Waals surface area contributed by atoms with Crippen LogP contribution in [0.4, 0.5) is 5.69 Å². The Morgan fingerprint density at radius 1 is 1.00 bits per heavy atom. The molecular formula is C35H41N3O4. The van der Waals surface area contributed by atoms with Crippen LogP contribution in [0.25, 0.3) is 16.5 Å². The molecule has 1 N–H and O–H groups in total. The highest BCUT2D eigenvalue weighted by Crippen LogP contribution is 2.28. The summed E-state index contributed by atoms with van der Waals surface area (Å²) in [7, 11) is 0. The van der Waals surface area contributed by atoms with E-state index in [-0.39, 0.29) is 12.9 Å². The average molecular weight is 568 g/mol. The maximum atomic E-state index is 13.7. The quantitative estimate of drug-likeness (QED) is 0.261. The van der Waals surface area contributed by atoms with E-state index in [1.807, 2.05) is 67.6 Å². The van der Waals surface area contributed by atoms with Crippen LogP contribution in [0.2, 0.25) is 0 Å². The minimum Gasteiger partial charge on any atom is -0.492 e. The molecule has 2 fully saturated rings. The van der Waals surface area contributed by atoms with Crippen LogP contribution in [0.3, 0.4) is 0 Å². The van der Waals surface area contributed by atoms with Crippen LogP contribution in [-0.4, -0.2) is 54.8 Å². The summed E-state index contributed by atoms with van der Waals surface area (Å²) in [5.74, 6) is 0.948. The van der Waals surface area contributed by atoms with Crippen LogP contribution in [0, 0.1) is 6.92 Å². The normalized spacial score (nSPS) is 16.4. The number of rotatable bonds is 8. The summed E-state index contributed by atoms with van der Waals surface area (Å²) in [6.07, 6.45) is 7.56. The van der Waals surface area contributed by atoms with Crippen LogP contribution in [0.15, 0.2) is 77.7 Å². The molecular weight excluding hydrogens is 526 g/mol. The van der Waals surface area contributed by atoms with Gasteiger partial charge in [-0.3, -0.25) is 19.1 Å². The van der Waals surface area contributed by atoms with Crippen molar-refractivity contribution in [2.45, 2.75) is 44.9 Å². The summed E-state index contributed by atoms with van der Waals surface area (Å²) >= 11 is 0. The Morgan fingerprint density at radius 3 is 2.67 bits per heavy atom. The van der Waals surface area contributed by atoms with Crippen LogP contribution in [0.1, 0.15) is 60.9 Å². The van der Waals surface area contributed by atoms with Gasteiger partial charge >= 0.3 is 0 Å². The van der Waals surface area contributed by atoms with E-state index in [4.69, 9.17) is 9.47 Å². The van der Waals surface area contributed by atoms with Gasteiger partial charge in [0.05, 0.1) is 11.1 Å². The Labute approximate surface area is 248 Å². The highest BCUT2D eigenvalue weighted by atomic mass is 16.5. The van der Waals surface area contributed by atoms with Crippen molar-refractivity contribution in [3.8, 4) is 11.4 Å². The van der Waals surface area contributed by atoms with E-state index in [1.165, 1.54) is 24.8 Å². The topological polar surface area (TPSA) is 72.8 Å². The van der Waals surface area contributed by atoms with Crippen molar-refractivity contribution in [1.29, 1.82) is 0 Å². The maximum Gasteiger partial charge on any atom is 0.263 e. The van der Waals surface area contributed by atoms with Crippen molar-refractivity contribution in [2.24, 2.45) is 0 Å². The number of benzene rings is 3. The van der Waals surface area contributed by atoms with Crippen molar-refractivity contribution >= 4 is 22.4 Å². The zero-order valence-electron chi connectivity index (χ0n) is 24.3. The standard InChI is InChI=1S/C35H39N3O4.H2/c1-25-8-10-30(36-34(39)29-7-5-6-28(22-29)26-13-19-41-20-14-26)23-33(25)38-17-12-27-9-11-31(24-32(27)35(38)40)42-21-18-37-15-3-2-4-16-37;/h5-12,17,22-24,26H,2-4,13-16,18-21H2,1H3,(H,36,39);1H. The van der Waals surface area contributed by atoms with Gasteiger partial charge in [0, 0.05) is 38.6 Å². The molecule has 1 aromatic heterocycles. The van der Waals surface area contributed by atoms with Crippen molar-refractivity contribution in [3.63, 3.8) is 0 Å². The number of nitrogens with one attached hydrogen (secondary N) is 1. The van der Waals surface area contributed by atoms with Crippen molar-refractivity contribution in [3.05, 3.63) is 100.0 Å². The Hall–Kier alpha value is -3.94. The van der Waals surface area contributed by atoms with Gasteiger partial charge in [-0.1, -0.05) is 30.7 Å². The van der Waals surface area contributed by atoms with Gasteiger partial charge in [-0.05, 0) is 111 Å². The lowest BCUT2D eigenvalue weighted by Crippen LogP contribution is -2.33. The molecule has 2 aliphatic rings. The van der Waals surface area contributed by atoms with Crippen LogP contribution < -0.4 is 15.6 Å². The van der Waals surface area contributed by atoms with Gasteiger partial charge in [-0.15, -0.1) is 0 Å². The molecule has 0 atom stereocenters. The van der Waals surface area contributed by atoms with Crippen molar-refractivity contribution in [1.82, 2.24) is 9.47 Å². The second-order valence-corrected chi connectivity index (χ2v) is 11.5. The summed E-state index contributed by atoms with van der Waals surface area (Å²) in [5.41, 5.74) is 3.98. The van der Waals surface area contributed by atoms with Gasteiger partial charge in [0.15, 0.2) is 0 Å². The first-order valence-electron chi connectivity index (χ1n) is 15.2. The van der Waals surface area contributed by atoms with Crippen LogP contribution in [0.5, 0.6) is 5.75 Å². The Balaban J connectivity index is 0.00000368. The second-order valence-electron chi connectivity index (χ2n) is 11.5. The molecule has 3 heterocycles. The van der Waals surface area contributed by atoms with Gasteiger partial charge in [-0.25, -0.2) is 0 Å². The third kappa shape index (κ3) is 6.42. The lowest BCUT2D eigenvalue weighted by molar-refractivity contribution is 0.0853. The lowest BCUT2D eigenvalue weighted by Gasteiger charge is -2.26. The minimum atomic E-state index is -0.170. The highest BCUT2D eigenvalue weighted by molar-refractivity contribution is 6.04. The summed E-state index contributed by atoms with van der Waals surface area (Å²) in [5, 5.41) is 4.51. The number of aryl methyl sites for hydroxylation is 1. The second kappa shape index (κ2) is 12.9. The predicted molar refractivity (Wildman–Crippen MR) is 169 cm³/mol. The number of ether oxygens (including phenoxy) is 2. The molecule has 0 radical (unpaired) electrons. The molecule has 3 aromatic carbocycles. The SMILES string of the molecule is Cc1ccc(NC(=O)c2cccc(C3CCOCC3)c2)cc1-n1ccc2ccc(OCCN3CCCCC3)cc2c1=O.[HH]. The summed E-state index contributed by atoms with van der Waals surface area (Å²) < 4.78 is 13.2. The first-order chi connectivity index (χ1) is 20.5. The molecule has 0 bridgehead atoms. The van der Waals surface area contributed by atoms with Crippen molar-refractivity contribution in [2.75, 3.05) is 44.8 Å². The van der Waals surface area contributed by atoms with Crippen molar-refractivity contribution < 1.29 is 15.7 Å². The van der Waals surface area contributed by atoms with E-state index in [1.54, 1.807) is 10.8 Å². The zero-order valence-corrected chi connectivity index (χ0v) is 24.3. The molecule has 2 aliphatic heterocycles. The summed E-state index contributed by atoms with van der Waals surface area (Å²) in [6.45, 7) is 7.25. The third-order valence-corrected chi connectivity index (χ3v) is 8.57. The predicted octanol–water partition coefficient (Wildman–Crippen LogP) is 6.56. The molecule has 7 nitrogen and oxygen atoms in total. The Morgan fingerprint density at radius 2 is 1.83 bits per heavy atom. The number of aromatic nitrogens is 1. The van der Waals surface area contributed by atoms with Gasteiger partial charge in [-0.2, -0.15) is 0 Å². The monoisotopic (exact) mass is 567 g/mol. The number of piperidine rings is 1. The van der Waals surface area contributed by atoms with Crippen LogP contribution in [-0.2, 0) is 4.74 Å². The molecule has 0 unspecified atom stereocenters. The van der Waals surface area contributed by atoms with Gasteiger partial charge < -0.3 is 14.8 Å². The van der Waals surface area contributed by atoms with E-state index in [2.05, 4.69) is 16.3 Å². The van der Waals surface area contributed by atoms with Crippen LogP contribution >= 0.6 is 0 Å². The Kier molecular flexibility index (Phi) is 8.68. The number of carbonyl (C=O) groups is 1. The number of pyridine rings is 1. The fourth-order valence-electron chi connectivity index (χ4n) is 6.09. The molecule has 0 aliphatic carbocycles. The molecule has 2 saturated heterocycles. The highest BCUT2D eigenvalue weighted by Gasteiger charge is 2.18. The number of hydrogen-bond donors (Lipinski definition) is 1. The molecule has 7 heteroatoms. The first kappa shape index (κ1) is 28.2. The molecule has 220 valence electrons. The average Bonchev–Trinajstić information content (AvgIpc) is 3.03. The van der Waals surface area contributed by atoms with E-state index in [0.29, 0.717) is 34.9 Å². The number of fused-ring (bicyclic) bond motifs is 1. The van der Waals surface area contributed by atoms with E-state index in [0.717, 1.165) is 62.3 Å². The Bertz CT molecular complexity index is 1620. The number of amides is 1.